The van der Waals surface area contributed by atoms with Crippen LogP contribution in [0.5, 0.6) is 0 Å². The van der Waals surface area contributed by atoms with Gasteiger partial charge in [-0.25, -0.2) is 0 Å². The molecule has 1 aromatic heterocycles. The van der Waals surface area contributed by atoms with Crippen LogP contribution in [0.2, 0.25) is 0 Å². The van der Waals surface area contributed by atoms with Gasteiger partial charge < -0.3 is 15.2 Å². The quantitative estimate of drug-likeness (QED) is 0.725. The first-order valence-electron chi connectivity index (χ1n) is 8.16. The number of nitrogens with zero attached hydrogens (tertiary/aromatic N) is 1. The van der Waals surface area contributed by atoms with E-state index < -0.39 is 6.04 Å². The summed E-state index contributed by atoms with van der Waals surface area (Å²) < 4.78 is 5.01. The van der Waals surface area contributed by atoms with Crippen LogP contribution in [0.3, 0.4) is 0 Å². The number of carbonyl (C=O) groups excluding carboxylic acids is 1. The molecule has 2 aromatic carbocycles. The fourth-order valence-corrected chi connectivity index (χ4v) is 2.57. The van der Waals surface area contributed by atoms with E-state index in [2.05, 4.69) is 29.6 Å². The maximum Gasteiger partial charge on any atom is 0.252 e. The van der Waals surface area contributed by atoms with Gasteiger partial charge in [-0.1, -0.05) is 41.6 Å². The van der Waals surface area contributed by atoms with Crippen molar-refractivity contribution in [3.63, 3.8) is 0 Å². The maximum atomic E-state index is 12.8. The Hall–Kier alpha value is -3.08. The second-order valence-corrected chi connectivity index (χ2v) is 6.10. The lowest BCUT2D eigenvalue weighted by Gasteiger charge is -2.20. The molecule has 5 heteroatoms. The van der Waals surface area contributed by atoms with Crippen molar-refractivity contribution in [2.45, 2.75) is 26.8 Å². The van der Waals surface area contributed by atoms with Crippen molar-refractivity contribution in [2.24, 2.45) is 0 Å². The van der Waals surface area contributed by atoms with Crippen molar-refractivity contribution >= 4 is 17.4 Å². The van der Waals surface area contributed by atoms with Gasteiger partial charge >= 0.3 is 0 Å². The van der Waals surface area contributed by atoms with Crippen molar-refractivity contribution in [3.05, 3.63) is 77.0 Å². The van der Waals surface area contributed by atoms with Gasteiger partial charge in [-0.15, -0.1) is 0 Å². The third kappa shape index (κ3) is 4.07. The van der Waals surface area contributed by atoms with E-state index in [9.17, 15) is 4.79 Å². The van der Waals surface area contributed by atoms with E-state index in [1.165, 1.54) is 11.1 Å². The first-order chi connectivity index (χ1) is 12.0. The molecule has 0 aliphatic heterocycles. The molecule has 0 spiro atoms. The molecule has 128 valence electrons. The predicted molar refractivity (Wildman–Crippen MR) is 98.6 cm³/mol. The zero-order chi connectivity index (χ0) is 17.8. The molecule has 0 aliphatic rings. The molecule has 1 heterocycles. The molecule has 0 bridgehead atoms. The maximum absolute atomic E-state index is 12.8. The smallest absolute Gasteiger partial charge is 0.252 e. The summed E-state index contributed by atoms with van der Waals surface area (Å²) in [4.78, 5) is 12.8. The van der Waals surface area contributed by atoms with Crippen LogP contribution in [0, 0.1) is 20.8 Å². The van der Waals surface area contributed by atoms with E-state index in [1.54, 1.807) is 13.0 Å². The fraction of sp³-hybridized carbons (Fsp3) is 0.200. The molecule has 0 fully saturated rings. The Morgan fingerprint density at radius 2 is 1.76 bits per heavy atom. The third-order valence-corrected chi connectivity index (χ3v) is 4.09. The number of nitrogens with one attached hydrogen (secondary N) is 2. The molecule has 0 saturated heterocycles. The Kier molecular flexibility index (Phi) is 4.84. The first-order valence-corrected chi connectivity index (χ1v) is 8.16. The summed E-state index contributed by atoms with van der Waals surface area (Å²) >= 11 is 0. The highest BCUT2D eigenvalue weighted by molar-refractivity contribution is 5.96. The minimum Gasteiger partial charge on any atom is -0.370 e. The predicted octanol–water partition coefficient (Wildman–Crippen LogP) is 4.39. The van der Waals surface area contributed by atoms with Crippen molar-refractivity contribution in [3.8, 4) is 0 Å². The van der Waals surface area contributed by atoms with E-state index in [0.29, 0.717) is 11.6 Å². The van der Waals surface area contributed by atoms with Crippen molar-refractivity contribution in [1.29, 1.82) is 0 Å². The average Bonchev–Trinajstić information content (AvgIpc) is 3.01. The molecule has 2 N–H and O–H groups in total. The van der Waals surface area contributed by atoms with E-state index in [1.807, 2.05) is 48.5 Å². The highest BCUT2D eigenvalue weighted by Gasteiger charge is 2.21. The lowest BCUT2D eigenvalue weighted by Crippen LogP contribution is -2.27. The Bertz CT molecular complexity index is 872. The number of anilines is 2. The Labute approximate surface area is 147 Å². The van der Waals surface area contributed by atoms with Crippen LogP contribution in [-0.2, 0) is 4.79 Å². The number of carbonyl (C=O) groups is 1. The van der Waals surface area contributed by atoms with Gasteiger partial charge in [0.1, 0.15) is 11.8 Å². The van der Waals surface area contributed by atoms with E-state index in [-0.39, 0.29) is 5.91 Å². The Balaban J connectivity index is 1.86. The molecule has 0 aliphatic carbocycles. The molecule has 3 rings (SSSR count). The SMILES string of the molecule is Cc1cc(NC(=O)C(Nc2ccc(C)c(C)c2)c2ccccc2)no1. The van der Waals surface area contributed by atoms with Crippen LogP contribution >= 0.6 is 0 Å². The molecule has 1 amide bonds. The number of aryl methyl sites for hydroxylation is 3. The van der Waals surface area contributed by atoms with Crippen LogP contribution in [0.25, 0.3) is 0 Å². The van der Waals surface area contributed by atoms with E-state index in [0.717, 1.165) is 11.3 Å². The standard InChI is InChI=1S/C20H21N3O2/c1-13-9-10-17(11-14(13)2)21-19(16-7-5-4-6-8-16)20(24)22-18-12-15(3)25-23-18/h4-12,19,21H,1-3H3,(H,22,23,24). The summed E-state index contributed by atoms with van der Waals surface area (Å²) in [5, 5.41) is 9.95. The second-order valence-electron chi connectivity index (χ2n) is 6.10. The van der Waals surface area contributed by atoms with Gasteiger partial charge in [0, 0.05) is 11.8 Å². The van der Waals surface area contributed by atoms with Crippen LogP contribution in [-0.4, -0.2) is 11.1 Å². The van der Waals surface area contributed by atoms with Gasteiger partial charge in [-0.3, -0.25) is 4.79 Å². The number of rotatable bonds is 5. The van der Waals surface area contributed by atoms with Gasteiger partial charge in [0.2, 0.25) is 0 Å². The summed E-state index contributed by atoms with van der Waals surface area (Å²) in [5.41, 5.74) is 4.15. The fourth-order valence-electron chi connectivity index (χ4n) is 2.57. The monoisotopic (exact) mass is 335 g/mol. The van der Waals surface area contributed by atoms with Crippen molar-refractivity contribution < 1.29 is 9.32 Å². The van der Waals surface area contributed by atoms with Crippen LogP contribution in [0.15, 0.2) is 59.1 Å². The molecule has 25 heavy (non-hydrogen) atoms. The summed E-state index contributed by atoms with van der Waals surface area (Å²) in [6, 6.07) is 16.8. The molecule has 0 radical (unpaired) electrons. The van der Waals surface area contributed by atoms with Gasteiger partial charge in [0.25, 0.3) is 5.91 Å². The number of hydrogen-bond donors (Lipinski definition) is 2. The Morgan fingerprint density at radius 3 is 2.40 bits per heavy atom. The summed E-state index contributed by atoms with van der Waals surface area (Å²) in [6.07, 6.45) is 0. The first kappa shape index (κ1) is 16.8. The molecule has 0 saturated carbocycles. The summed E-state index contributed by atoms with van der Waals surface area (Å²) in [5.74, 6) is 0.858. The van der Waals surface area contributed by atoms with Gasteiger partial charge in [0.05, 0.1) is 0 Å². The minimum absolute atomic E-state index is 0.197. The van der Waals surface area contributed by atoms with Gasteiger partial charge in [-0.05, 0) is 49.6 Å². The van der Waals surface area contributed by atoms with E-state index in [4.69, 9.17) is 4.52 Å². The highest BCUT2D eigenvalue weighted by Crippen LogP contribution is 2.23. The molecular formula is C20H21N3O2. The summed E-state index contributed by atoms with van der Waals surface area (Å²) in [6.45, 7) is 5.90. The molecule has 5 nitrogen and oxygen atoms in total. The average molecular weight is 335 g/mol. The minimum atomic E-state index is -0.541. The zero-order valence-corrected chi connectivity index (χ0v) is 14.5. The van der Waals surface area contributed by atoms with Crippen molar-refractivity contribution in [1.82, 2.24) is 5.16 Å². The largest absolute Gasteiger partial charge is 0.370 e. The molecule has 1 atom stereocenters. The molecule has 1 unspecified atom stereocenters. The van der Waals surface area contributed by atoms with Crippen LogP contribution in [0.4, 0.5) is 11.5 Å². The lowest BCUT2D eigenvalue weighted by molar-refractivity contribution is -0.117. The third-order valence-electron chi connectivity index (χ3n) is 4.09. The molecule has 3 aromatic rings. The van der Waals surface area contributed by atoms with Gasteiger partial charge in [-0.2, -0.15) is 0 Å². The second kappa shape index (κ2) is 7.21. The lowest BCUT2D eigenvalue weighted by atomic mass is 10.0. The number of amides is 1. The number of aromatic nitrogens is 1. The number of hydrogen-bond acceptors (Lipinski definition) is 4. The topological polar surface area (TPSA) is 67.2 Å². The van der Waals surface area contributed by atoms with Crippen LogP contribution < -0.4 is 10.6 Å². The highest BCUT2D eigenvalue weighted by atomic mass is 16.5. The number of benzene rings is 2. The van der Waals surface area contributed by atoms with Gasteiger partial charge in [0.15, 0.2) is 5.82 Å². The Morgan fingerprint density at radius 1 is 1.00 bits per heavy atom. The molecular weight excluding hydrogens is 314 g/mol. The normalized spacial score (nSPS) is 11.8. The van der Waals surface area contributed by atoms with E-state index >= 15 is 0 Å². The van der Waals surface area contributed by atoms with Crippen LogP contribution in [0.1, 0.15) is 28.5 Å². The summed E-state index contributed by atoms with van der Waals surface area (Å²) in [7, 11) is 0. The zero-order valence-electron chi connectivity index (χ0n) is 14.5. The van der Waals surface area contributed by atoms with Crippen molar-refractivity contribution in [2.75, 3.05) is 10.6 Å².